The van der Waals surface area contributed by atoms with Crippen LogP contribution in [0.2, 0.25) is 0 Å². The van der Waals surface area contributed by atoms with Crippen molar-refractivity contribution in [3.05, 3.63) is 0 Å². The molecule has 1 fully saturated rings. The van der Waals surface area contributed by atoms with Crippen LogP contribution in [0.15, 0.2) is 0 Å². The second kappa shape index (κ2) is 4.34. The van der Waals surface area contributed by atoms with E-state index in [1.54, 1.807) is 0 Å². The minimum absolute atomic E-state index is 0.346. The third-order valence-electron chi connectivity index (χ3n) is 2.04. The van der Waals surface area contributed by atoms with E-state index in [2.05, 4.69) is 5.32 Å². The SMILES string of the molecule is O=CNC[C@@H](O)CCC1CC1. The Kier molecular flexibility index (Phi) is 3.36. The molecular formula is C8H15NO2. The Bertz CT molecular complexity index is 123. The molecule has 1 saturated carbocycles. The third kappa shape index (κ3) is 3.98. The monoisotopic (exact) mass is 157 g/mol. The predicted octanol–water partition coefficient (Wildman–Crippen LogP) is 0.283. The van der Waals surface area contributed by atoms with Crippen molar-refractivity contribution in [2.45, 2.75) is 31.8 Å². The molecule has 3 heteroatoms. The van der Waals surface area contributed by atoms with E-state index in [9.17, 15) is 9.90 Å². The van der Waals surface area contributed by atoms with Crippen LogP contribution in [-0.4, -0.2) is 24.2 Å². The highest BCUT2D eigenvalue weighted by Gasteiger charge is 2.21. The van der Waals surface area contributed by atoms with Gasteiger partial charge in [-0.1, -0.05) is 12.8 Å². The van der Waals surface area contributed by atoms with Crippen molar-refractivity contribution in [1.29, 1.82) is 0 Å². The molecule has 64 valence electrons. The zero-order valence-corrected chi connectivity index (χ0v) is 6.62. The fourth-order valence-electron chi connectivity index (χ4n) is 1.12. The van der Waals surface area contributed by atoms with E-state index in [4.69, 9.17) is 0 Å². The molecule has 0 saturated heterocycles. The fraction of sp³-hybridized carbons (Fsp3) is 0.875. The highest BCUT2D eigenvalue weighted by atomic mass is 16.3. The summed E-state index contributed by atoms with van der Waals surface area (Å²) in [5.74, 6) is 0.862. The lowest BCUT2D eigenvalue weighted by molar-refractivity contribution is -0.110. The Morgan fingerprint density at radius 1 is 1.64 bits per heavy atom. The second-order valence-corrected chi connectivity index (χ2v) is 3.20. The first-order valence-corrected chi connectivity index (χ1v) is 4.18. The lowest BCUT2D eigenvalue weighted by Gasteiger charge is -2.07. The van der Waals surface area contributed by atoms with Gasteiger partial charge in [0, 0.05) is 6.54 Å². The molecule has 1 aliphatic rings. The number of hydrogen-bond donors (Lipinski definition) is 2. The lowest BCUT2D eigenvalue weighted by atomic mass is 10.1. The number of rotatable bonds is 6. The van der Waals surface area contributed by atoms with E-state index in [1.807, 2.05) is 0 Å². The average Bonchev–Trinajstić information content (AvgIpc) is 2.80. The minimum Gasteiger partial charge on any atom is -0.391 e. The molecule has 1 rings (SSSR count). The zero-order chi connectivity index (χ0) is 8.10. The van der Waals surface area contributed by atoms with Crippen molar-refractivity contribution >= 4 is 6.41 Å². The summed E-state index contributed by atoms with van der Waals surface area (Å²) in [6.07, 6.45) is 4.87. The van der Waals surface area contributed by atoms with E-state index in [1.165, 1.54) is 12.8 Å². The molecule has 1 amide bonds. The van der Waals surface area contributed by atoms with Crippen LogP contribution in [0.25, 0.3) is 0 Å². The number of nitrogens with one attached hydrogen (secondary N) is 1. The largest absolute Gasteiger partial charge is 0.391 e. The first-order valence-electron chi connectivity index (χ1n) is 4.18. The lowest BCUT2D eigenvalue weighted by Crippen LogP contribution is -2.25. The maximum Gasteiger partial charge on any atom is 0.207 e. The van der Waals surface area contributed by atoms with Crippen LogP contribution in [0.5, 0.6) is 0 Å². The van der Waals surface area contributed by atoms with Gasteiger partial charge in [0.2, 0.25) is 6.41 Å². The van der Waals surface area contributed by atoms with E-state index in [0.29, 0.717) is 13.0 Å². The Hall–Kier alpha value is -0.570. The molecule has 0 spiro atoms. The summed E-state index contributed by atoms with van der Waals surface area (Å²) in [5, 5.41) is 11.7. The van der Waals surface area contributed by atoms with Crippen molar-refractivity contribution in [3.63, 3.8) is 0 Å². The number of amides is 1. The highest BCUT2D eigenvalue weighted by Crippen LogP contribution is 2.33. The van der Waals surface area contributed by atoms with Crippen LogP contribution in [0.3, 0.4) is 0 Å². The van der Waals surface area contributed by atoms with Crippen LogP contribution in [-0.2, 0) is 4.79 Å². The summed E-state index contributed by atoms with van der Waals surface area (Å²) in [5.41, 5.74) is 0. The van der Waals surface area contributed by atoms with E-state index >= 15 is 0 Å². The third-order valence-corrected chi connectivity index (χ3v) is 2.04. The summed E-state index contributed by atoms with van der Waals surface area (Å²) in [7, 11) is 0. The van der Waals surface area contributed by atoms with Crippen molar-refractivity contribution in [1.82, 2.24) is 5.32 Å². The van der Waals surface area contributed by atoms with Crippen LogP contribution in [0.1, 0.15) is 25.7 Å². The molecule has 0 bridgehead atoms. The van der Waals surface area contributed by atoms with Gasteiger partial charge in [-0.15, -0.1) is 0 Å². The predicted molar refractivity (Wildman–Crippen MR) is 42.0 cm³/mol. The number of aliphatic hydroxyl groups is 1. The summed E-state index contributed by atoms with van der Waals surface area (Å²) < 4.78 is 0. The molecule has 0 aliphatic heterocycles. The Labute approximate surface area is 66.8 Å². The highest BCUT2D eigenvalue weighted by molar-refractivity contribution is 5.45. The van der Waals surface area contributed by atoms with E-state index < -0.39 is 0 Å². The number of carbonyl (C=O) groups is 1. The summed E-state index contributed by atoms with van der Waals surface area (Å²) in [6, 6.07) is 0. The summed E-state index contributed by atoms with van der Waals surface area (Å²) in [6.45, 7) is 0.399. The molecule has 1 atom stereocenters. The van der Waals surface area contributed by atoms with Crippen LogP contribution in [0.4, 0.5) is 0 Å². The summed E-state index contributed by atoms with van der Waals surface area (Å²) >= 11 is 0. The zero-order valence-electron chi connectivity index (χ0n) is 6.62. The van der Waals surface area contributed by atoms with Crippen molar-refractivity contribution in [2.75, 3.05) is 6.54 Å². The molecule has 11 heavy (non-hydrogen) atoms. The number of carbonyl (C=O) groups excluding carboxylic acids is 1. The van der Waals surface area contributed by atoms with Gasteiger partial charge in [0.1, 0.15) is 0 Å². The topological polar surface area (TPSA) is 49.3 Å². The van der Waals surface area contributed by atoms with Gasteiger partial charge < -0.3 is 10.4 Å². The number of aliphatic hydroxyl groups excluding tert-OH is 1. The fourth-order valence-corrected chi connectivity index (χ4v) is 1.12. The summed E-state index contributed by atoms with van der Waals surface area (Å²) in [4.78, 5) is 9.84. The first-order chi connectivity index (χ1) is 5.33. The molecule has 0 aromatic heterocycles. The van der Waals surface area contributed by atoms with Gasteiger partial charge >= 0.3 is 0 Å². The molecule has 0 aromatic rings. The quantitative estimate of drug-likeness (QED) is 0.544. The maximum absolute atomic E-state index is 9.84. The van der Waals surface area contributed by atoms with Crippen LogP contribution >= 0.6 is 0 Å². The van der Waals surface area contributed by atoms with Crippen molar-refractivity contribution in [3.8, 4) is 0 Å². The normalized spacial score (nSPS) is 19.4. The van der Waals surface area contributed by atoms with Gasteiger partial charge in [0.25, 0.3) is 0 Å². The van der Waals surface area contributed by atoms with Gasteiger partial charge in [0.05, 0.1) is 6.10 Å². The standard InChI is InChI=1S/C8H15NO2/c10-6-9-5-8(11)4-3-7-1-2-7/h6-8,11H,1-5H2,(H,9,10)/t8-/m0/s1. The molecule has 0 aromatic carbocycles. The van der Waals surface area contributed by atoms with Crippen molar-refractivity contribution in [2.24, 2.45) is 5.92 Å². The van der Waals surface area contributed by atoms with E-state index in [-0.39, 0.29) is 6.10 Å². The molecule has 0 unspecified atom stereocenters. The Balaban J connectivity index is 1.90. The molecule has 2 N–H and O–H groups in total. The molecule has 1 aliphatic carbocycles. The van der Waals surface area contributed by atoms with Crippen LogP contribution < -0.4 is 5.32 Å². The number of hydrogen-bond acceptors (Lipinski definition) is 2. The van der Waals surface area contributed by atoms with Gasteiger partial charge in [-0.2, -0.15) is 0 Å². The van der Waals surface area contributed by atoms with Gasteiger partial charge in [0.15, 0.2) is 0 Å². The molecule has 0 radical (unpaired) electrons. The van der Waals surface area contributed by atoms with Crippen molar-refractivity contribution < 1.29 is 9.90 Å². The second-order valence-electron chi connectivity index (χ2n) is 3.20. The molecule has 0 heterocycles. The maximum atomic E-state index is 9.84. The minimum atomic E-state index is -0.346. The molecule has 3 nitrogen and oxygen atoms in total. The van der Waals surface area contributed by atoms with Gasteiger partial charge in [-0.3, -0.25) is 4.79 Å². The average molecular weight is 157 g/mol. The Morgan fingerprint density at radius 3 is 2.91 bits per heavy atom. The van der Waals surface area contributed by atoms with Crippen LogP contribution in [0, 0.1) is 5.92 Å². The smallest absolute Gasteiger partial charge is 0.207 e. The Morgan fingerprint density at radius 2 is 2.36 bits per heavy atom. The molecular weight excluding hydrogens is 142 g/mol. The van der Waals surface area contributed by atoms with Gasteiger partial charge in [-0.25, -0.2) is 0 Å². The van der Waals surface area contributed by atoms with Gasteiger partial charge in [-0.05, 0) is 18.8 Å². The first kappa shape index (κ1) is 8.53. The van der Waals surface area contributed by atoms with E-state index in [0.717, 1.165) is 18.8 Å².